The van der Waals surface area contributed by atoms with E-state index in [2.05, 4.69) is 19.2 Å². The first-order chi connectivity index (χ1) is 8.88. The highest BCUT2D eigenvalue weighted by atomic mass is 35.5. The molecule has 0 aliphatic rings. The Labute approximate surface area is 123 Å². The Morgan fingerprint density at radius 1 is 1.11 bits per heavy atom. The van der Waals surface area contributed by atoms with Crippen molar-refractivity contribution in [1.29, 1.82) is 0 Å². The average molecular weight is 286 g/mol. The number of rotatable bonds is 3. The Bertz CT molecular complexity index is 333. The summed E-state index contributed by atoms with van der Waals surface area (Å²) in [7, 11) is 1.95. The van der Waals surface area contributed by atoms with Crippen molar-refractivity contribution < 1.29 is 4.79 Å². The van der Waals surface area contributed by atoms with Crippen LogP contribution in [0, 0.1) is 0 Å². The predicted octanol–water partition coefficient (Wildman–Crippen LogP) is 4.67. The van der Waals surface area contributed by atoms with Gasteiger partial charge in [-0.2, -0.15) is 0 Å². The van der Waals surface area contributed by atoms with Crippen LogP contribution in [0.15, 0.2) is 24.3 Å². The SMILES string of the molecule is CC.CC(=O)C(C)c1ccc(Cl)cc1.CNC(C)C. The number of benzene rings is 1. The first-order valence-corrected chi connectivity index (χ1v) is 7.19. The lowest BCUT2D eigenvalue weighted by atomic mass is 9.98. The minimum absolute atomic E-state index is 0.0257. The van der Waals surface area contributed by atoms with Crippen molar-refractivity contribution in [3.05, 3.63) is 34.9 Å². The summed E-state index contributed by atoms with van der Waals surface area (Å²) < 4.78 is 0. The number of hydrogen-bond donors (Lipinski definition) is 1. The zero-order valence-electron chi connectivity index (χ0n) is 13.3. The second kappa shape index (κ2) is 12.2. The second-order valence-electron chi connectivity index (χ2n) is 4.33. The van der Waals surface area contributed by atoms with Crippen LogP contribution in [0.1, 0.15) is 53.0 Å². The van der Waals surface area contributed by atoms with Gasteiger partial charge in [0.25, 0.3) is 0 Å². The molecule has 1 N–H and O–H groups in total. The van der Waals surface area contributed by atoms with Crippen molar-refractivity contribution in [3.8, 4) is 0 Å². The molecular formula is C16H28ClNO. The zero-order valence-corrected chi connectivity index (χ0v) is 14.0. The zero-order chi connectivity index (χ0) is 15.4. The van der Waals surface area contributed by atoms with Crippen molar-refractivity contribution in [2.45, 2.75) is 53.5 Å². The predicted molar refractivity (Wildman–Crippen MR) is 86.1 cm³/mol. The van der Waals surface area contributed by atoms with Gasteiger partial charge in [-0.3, -0.25) is 4.79 Å². The molecule has 0 fully saturated rings. The fraction of sp³-hybridized carbons (Fsp3) is 0.562. The van der Waals surface area contributed by atoms with E-state index < -0.39 is 0 Å². The van der Waals surface area contributed by atoms with Crippen LogP contribution < -0.4 is 5.32 Å². The van der Waals surface area contributed by atoms with Crippen LogP contribution >= 0.6 is 11.6 Å². The highest BCUT2D eigenvalue weighted by molar-refractivity contribution is 6.30. The summed E-state index contributed by atoms with van der Waals surface area (Å²) >= 11 is 5.71. The van der Waals surface area contributed by atoms with Gasteiger partial charge in [-0.15, -0.1) is 0 Å². The maximum atomic E-state index is 11.0. The third-order valence-electron chi connectivity index (χ3n) is 2.56. The minimum Gasteiger partial charge on any atom is -0.318 e. The standard InChI is InChI=1S/C10H11ClO.C4H11N.C2H6/c1-7(8(2)12)9-3-5-10(11)6-4-9;1-4(2)5-3;1-2/h3-7H,1-2H3;4-5H,1-3H3;1-2H3. The number of ketones is 1. The number of Topliss-reactive ketones (excluding diaryl/α,β-unsaturated/α-hetero) is 1. The number of nitrogens with one attached hydrogen (secondary N) is 1. The van der Waals surface area contributed by atoms with Crippen molar-refractivity contribution in [2.24, 2.45) is 0 Å². The molecular weight excluding hydrogens is 258 g/mol. The molecule has 0 heterocycles. The number of carbonyl (C=O) groups excluding carboxylic acids is 1. The van der Waals surface area contributed by atoms with Gasteiger partial charge in [0, 0.05) is 17.0 Å². The maximum Gasteiger partial charge on any atom is 0.136 e. The monoisotopic (exact) mass is 285 g/mol. The Kier molecular flexibility index (Phi) is 13.1. The van der Waals surface area contributed by atoms with Crippen LogP contribution in [0.25, 0.3) is 0 Å². The maximum absolute atomic E-state index is 11.0. The van der Waals surface area contributed by atoms with Gasteiger partial charge in [0.15, 0.2) is 0 Å². The van der Waals surface area contributed by atoms with Gasteiger partial charge >= 0.3 is 0 Å². The topological polar surface area (TPSA) is 29.1 Å². The van der Waals surface area contributed by atoms with E-state index >= 15 is 0 Å². The molecule has 2 nitrogen and oxygen atoms in total. The first-order valence-electron chi connectivity index (χ1n) is 6.81. The van der Waals surface area contributed by atoms with Crippen molar-refractivity contribution >= 4 is 17.4 Å². The van der Waals surface area contributed by atoms with E-state index in [9.17, 15) is 4.79 Å². The van der Waals surface area contributed by atoms with E-state index in [1.165, 1.54) is 0 Å². The third kappa shape index (κ3) is 10.7. The Balaban J connectivity index is 0. The van der Waals surface area contributed by atoms with E-state index in [0.717, 1.165) is 5.56 Å². The molecule has 1 aromatic rings. The number of halogens is 1. The Morgan fingerprint density at radius 2 is 1.47 bits per heavy atom. The molecule has 0 bridgehead atoms. The smallest absolute Gasteiger partial charge is 0.136 e. The summed E-state index contributed by atoms with van der Waals surface area (Å²) in [6, 6.07) is 8.00. The van der Waals surface area contributed by atoms with Gasteiger partial charge in [-0.05, 0) is 31.7 Å². The Hall–Kier alpha value is -0.860. The van der Waals surface area contributed by atoms with Gasteiger partial charge < -0.3 is 5.32 Å². The Morgan fingerprint density at radius 3 is 1.74 bits per heavy atom. The van der Waals surface area contributed by atoms with E-state index in [4.69, 9.17) is 11.6 Å². The van der Waals surface area contributed by atoms with Gasteiger partial charge in [-0.1, -0.05) is 58.4 Å². The summed E-state index contributed by atoms with van der Waals surface area (Å²) in [5.74, 6) is 0.152. The van der Waals surface area contributed by atoms with Crippen LogP contribution in [0.3, 0.4) is 0 Å². The molecule has 0 aliphatic heterocycles. The van der Waals surface area contributed by atoms with E-state index in [0.29, 0.717) is 11.1 Å². The molecule has 0 aromatic heterocycles. The van der Waals surface area contributed by atoms with Gasteiger partial charge in [0.2, 0.25) is 0 Å². The van der Waals surface area contributed by atoms with Crippen LogP contribution in [0.4, 0.5) is 0 Å². The molecule has 1 rings (SSSR count). The van der Waals surface area contributed by atoms with Crippen molar-refractivity contribution in [1.82, 2.24) is 5.32 Å². The van der Waals surface area contributed by atoms with Crippen LogP contribution in [0.5, 0.6) is 0 Å². The molecule has 1 aromatic carbocycles. The minimum atomic E-state index is -0.0257. The molecule has 0 aliphatic carbocycles. The first kappa shape index (κ1) is 20.5. The van der Waals surface area contributed by atoms with E-state index in [-0.39, 0.29) is 11.7 Å². The lowest BCUT2D eigenvalue weighted by Crippen LogP contribution is -2.15. The largest absolute Gasteiger partial charge is 0.318 e. The molecule has 0 spiro atoms. The summed E-state index contributed by atoms with van der Waals surface area (Å²) in [5.41, 5.74) is 1.02. The van der Waals surface area contributed by atoms with Crippen molar-refractivity contribution in [3.63, 3.8) is 0 Å². The third-order valence-corrected chi connectivity index (χ3v) is 2.81. The molecule has 19 heavy (non-hydrogen) atoms. The summed E-state index contributed by atoms with van der Waals surface area (Å²) in [6.07, 6.45) is 0. The molecule has 0 saturated carbocycles. The highest BCUT2D eigenvalue weighted by Gasteiger charge is 2.09. The summed E-state index contributed by atoms with van der Waals surface area (Å²) in [5, 5.41) is 3.73. The fourth-order valence-electron chi connectivity index (χ4n) is 0.986. The molecule has 0 amide bonds. The summed E-state index contributed by atoms with van der Waals surface area (Å²) in [4.78, 5) is 11.0. The average Bonchev–Trinajstić information content (AvgIpc) is 2.41. The van der Waals surface area contributed by atoms with Crippen molar-refractivity contribution in [2.75, 3.05) is 7.05 Å². The number of hydrogen-bond acceptors (Lipinski definition) is 2. The number of carbonyl (C=O) groups is 1. The molecule has 1 atom stereocenters. The molecule has 0 radical (unpaired) electrons. The van der Waals surface area contributed by atoms with E-state index in [1.54, 1.807) is 19.1 Å². The van der Waals surface area contributed by atoms with Gasteiger partial charge in [-0.25, -0.2) is 0 Å². The van der Waals surface area contributed by atoms with Gasteiger partial charge in [0.05, 0.1) is 0 Å². The molecule has 110 valence electrons. The quantitative estimate of drug-likeness (QED) is 0.874. The lowest BCUT2D eigenvalue weighted by molar-refractivity contribution is -0.118. The summed E-state index contributed by atoms with van der Waals surface area (Å²) in [6.45, 7) is 11.7. The molecule has 3 heteroatoms. The highest BCUT2D eigenvalue weighted by Crippen LogP contribution is 2.18. The lowest BCUT2D eigenvalue weighted by Gasteiger charge is -2.06. The van der Waals surface area contributed by atoms with Crippen LogP contribution in [0.2, 0.25) is 5.02 Å². The normalized spacial score (nSPS) is 10.8. The second-order valence-corrected chi connectivity index (χ2v) is 4.76. The molecule has 0 saturated heterocycles. The van der Waals surface area contributed by atoms with Crippen LogP contribution in [-0.2, 0) is 4.79 Å². The molecule has 1 unspecified atom stereocenters. The van der Waals surface area contributed by atoms with Crippen LogP contribution in [-0.4, -0.2) is 18.9 Å². The van der Waals surface area contributed by atoms with E-state index in [1.807, 2.05) is 40.0 Å². The van der Waals surface area contributed by atoms with Gasteiger partial charge in [0.1, 0.15) is 5.78 Å². The fourth-order valence-corrected chi connectivity index (χ4v) is 1.11.